The first kappa shape index (κ1) is 14.9. The number of hydrogen-bond acceptors (Lipinski definition) is 2. The second-order valence-electron chi connectivity index (χ2n) is 6.44. The molecule has 19 heavy (non-hydrogen) atoms. The molecule has 2 nitrogen and oxygen atoms in total. The minimum Gasteiger partial charge on any atom is -0.493 e. The van der Waals surface area contributed by atoms with Crippen LogP contribution in [0.3, 0.4) is 0 Å². The maximum absolute atomic E-state index is 5.95. The summed E-state index contributed by atoms with van der Waals surface area (Å²) in [7, 11) is 0. The molecule has 0 radical (unpaired) electrons. The number of hydrogen-bond donors (Lipinski definition) is 1. The third-order valence-electron chi connectivity index (χ3n) is 3.31. The molecule has 1 fully saturated rings. The van der Waals surface area contributed by atoms with Gasteiger partial charge in [-0.25, -0.2) is 0 Å². The number of rotatable bonds is 6. The Bertz CT molecular complexity index is 421. The maximum Gasteiger partial charge on any atom is 0.123 e. The Morgan fingerprint density at radius 1 is 1.32 bits per heavy atom. The summed E-state index contributed by atoms with van der Waals surface area (Å²) in [5, 5.41) is 3.52. The van der Waals surface area contributed by atoms with Crippen molar-refractivity contribution < 1.29 is 4.74 Å². The van der Waals surface area contributed by atoms with Crippen molar-refractivity contribution >= 4 is 15.9 Å². The summed E-state index contributed by atoms with van der Waals surface area (Å²) < 4.78 is 7.05. The largest absolute Gasteiger partial charge is 0.493 e. The predicted octanol–water partition coefficient (Wildman–Crippen LogP) is 4.52. The molecule has 3 heteroatoms. The Morgan fingerprint density at radius 3 is 2.68 bits per heavy atom. The van der Waals surface area contributed by atoms with Crippen molar-refractivity contribution in [1.29, 1.82) is 0 Å². The Kier molecular flexibility index (Phi) is 4.91. The monoisotopic (exact) mass is 325 g/mol. The van der Waals surface area contributed by atoms with Gasteiger partial charge >= 0.3 is 0 Å². The van der Waals surface area contributed by atoms with E-state index in [0.717, 1.165) is 29.3 Å². The smallest absolute Gasteiger partial charge is 0.123 e. The lowest BCUT2D eigenvalue weighted by molar-refractivity contribution is 0.297. The van der Waals surface area contributed by atoms with Crippen LogP contribution in [0, 0.1) is 5.92 Å². The van der Waals surface area contributed by atoms with Crippen LogP contribution in [-0.4, -0.2) is 12.1 Å². The molecule has 106 valence electrons. The van der Waals surface area contributed by atoms with Gasteiger partial charge in [0.2, 0.25) is 0 Å². The highest BCUT2D eigenvalue weighted by Gasteiger charge is 2.21. The van der Waals surface area contributed by atoms with Crippen molar-refractivity contribution in [3.05, 3.63) is 28.2 Å². The molecule has 1 aliphatic carbocycles. The highest BCUT2D eigenvalue weighted by molar-refractivity contribution is 9.10. The normalized spacial score (nSPS) is 15.6. The van der Waals surface area contributed by atoms with E-state index in [4.69, 9.17) is 4.74 Å². The second-order valence-corrected chi connectivity index (χ2v) is 7.35. The van der Waals surface area contributed by atoms with Gasteiger partial charge in [0.25, 0.3) is 0 Å². The number of ether oxygens (including phenoxy) is 1. The predicted molar refractivity (Wildman–Crippen MR) is 83.6 cm³/mol. The molecular formula is C16H24BrNO. The summed E-state index contributed by atoms with van der Waals surface area (Å²) in [6.07, 6.45) is 3.98. The molecule has 1 N–H and O–H groups in total. The van der Waals surface area contributed by atoms with Gasteiger partial charge in [0, 0.05) is 22.1 Å². The molecule has 0 unspecified atom stereocenters. The lowest BCUT2D eigenvalue weighted by atomic mass is 10.1. The van der Waals surface area contributed by atoms with Gasteiger partial charge in [-0.1, -0.05) is 28.8 Å². The molecule has 0 atom stereocenters. The molecule has 1 aliphatic rings. The highest BCUT2D eigenvalue weighted by atomic mass is 79.9. The third-order valence-corrected chi connectivity index (χ3v) is 3.81. The molecule has 1 aromatic carbocycles. The zero-order valence-corrected chi connectivity index (χ0v) is 13.7. The van der Waals surface area contributed by atoms with E-state index in [2.05, 4.69) is 54.2 Å². The van der Waals surface area contributed by atoms with Gasteiger partial charge in [-0.15, -0.1) is 0 Å². The summed E-state index contributed by atoms with van der Waals surface area (Å²) >= 11 is 3.53. The molecule has 2 rings (SSSR count). The van der Waals surface area contributed by atoms with Crippen molar-refractivity contribution in [2.24, 2.45) is 5.92 Å². The van der Waals surface area contributed by atoms with E-state index in [-0.39, 0.29) is 5.54 Å². The van der Waals surface area contributed by atoms with Crippen LogP contribution in [0.25, 0.3) is 0 Å². The fraction of sp³-hybridized carbons (Fsp3) is 0.625. The van der Waals surface area contributed by atoms with Crippen molar-refractivity contribution in [2.45, 2.75) is 52.1 Å². The Hall–Kier alpha value is -0.540. The van der Waals surface area contributed by atoms with Crippen LogP contribution >= 0.6 is 15.9 Å². The molecule has 0 aliphatic heterocycles. The van der Waals surface area contributed by atoms with Crippen LogP contribution in [0.1, 0.15) is 45.6 Å². The average Bonchev–Trinajstić information content (AvgIpc) is 3.12. The highest BCUT2D eigenvalue weighted by Crippen LogP contribution is 2.32. The molecule has 0 bridgehead atoms. The quantitative estimate of drug-likeness (QED) is 0.830. The molecule has 1 saturated carbocycles. The van der Waals surface area contributed by atoms with Crippen LogP contribution in [-0.2, 0) is 6.54 Å². The summed E-state index contributed by atoms with van der Waals surface area (Å²) in [6.45, 7) is 8.21. The van der Waals surface area contributed by atoms with Gasteiger partial charge in [0.1, 0.15) is 5.75 Å². The first-order valence-electron chi connectivity index (χ1n) is 7.10. The van der Waals surface area contributed by atoms with Crippen molar-refractivity contribution in [3.8, 4) is 5.75 Å². The molecular weight excluding hydrogens is 302 g/mol. The minimum absolute atomic E-state index is 0.119. The summed E-state index contributed by atoms with van der Waals surface area (Å²) in [4.78, 5) is 0. The van der Waals surface area contributed by atoms with Gasteiger partial charge in [-0.2, -0.15) is 0 Å². The molecule has 0 heterocycles. The van der Waals surface area contributed by atoms with Gasteiger partial charge in [-0.3, -0.25) is 0 Å². The van der Waals surface area contributed by atoms with Crippen molar-refractivity contribution in [2.75, 3.05) is 6.61 Å². The van der Waals surface area contributed by atoms with Crippen molar-refractivity contribution in [3.63, 3.8) is 0 Å². The Morgan fingerprint density at radius 2 is 2.05 bits per heavy atom. The van der Waals surface area contributed by atoms with Crippen LogP contribution in [0.2, 0.25) is 0 Å². The van der Waals surface area contributed by atoms with Crippen LogP contribution in [0.15, 0.2) is 22.7 Å². The van der Waals surface area contributed by atoms with E-state index in [9.17, 15) is 0 Å². The SMILES string of the molecule is CC(C)(C)NCc1cc(Br)ccc1OCCC1CC1. The zero-order chi connectivity index (χ0) is 13.9. The van der Waals surface area contributed by atoms with Gasteiger partial charge in [-0.05, 0) is 51.3 Å². The molecule has 0 saturated heterocycles. The van der Waals surface area contributed by atoms with E-state index >= 15 is 0 Å². The van der Waals surface area contributed by atoms with Crippen LogP contribution in [0.4, 0.5) is 0 Å². The standard InChI is InChI=1S/C16H24BrNO/c1-16(2,3)18-11-13-10-14(17)6-7-15(13)19-9-8-12-4-5-12/h6-7,10,12,18H,4-5,8-9,11H2,1-3H3. The van der Waals surface area contributed by atoms with E-state index in [1.165, 1.54) is 24.8 Å². The summed E-state index contributed by atoms with van der Waals surface area (Å²) in [6, 6.07) is 6.26. The van der Waals surface area contributed by atoms with E-state index < -0.39 is 0 Å². The summed E-state index contributed by atoms with van der Waals surface area (Å²) in [5.41, 5.74) is 1.34. The third kappa shape index (κ3) is 5.53. The van der Waals surface area contributed by atoms with Crippen LogP contribution in [0.5, 0.6) is 5.75 Å². The molecule has 1 aromatic rings. The summed E-state index contributed by atoms with van der Waals surface area (Å²) in [5.74, 6) is 1.94. The fourth-order valence-electron chi connectivity index (χ4n) is 1.93. The average molecular weight is 326 g/mol. The minimum atomic E-state index is 0.119. The second kappa shape index (κ2) is 6.27. The number of benzene rings is 1. The molecule has 0 amide bonds. The Labute approximate surface area is 125 Å². The van der Waals surface area contributed by atoms with Gasteiger partial charge in [0.15, 0.2) is 0 Å². The lowest BCUT2D eigenvalue weighted by Crippen LogP contribution is -2.35. The van der Waals surface area contributed by atoms with Gasteiger partial charge < -0.3 is 10.1 Å². The first-order valence-corrected chi connectivity index (χ1v) is 7.89. The lowest BCUT2D eigenvalue weighted by Gasteiger charge is -2.22. The van der Waals surface area contributed by atoms with E-state index in [0.29, 0.717) is 0 Å². The fourth-order valence-corrected chi connectivity index (χ4v) is 2.34. The first-order chi connectivity index (χ1) is 8.94. The van der Waals surface area contributed by atoms with Crippen LogP contribution < -0.4 is 10.1 Å². The molecule has 0 aromatic heterocycles. The zero-order valence-electron chi connectivity index (χ0n) is 12.1. The Balaban J connectivity index is 1.95. The van der Waals surface area contributed by atoms with Gasteiger partial charge in [0.05, 0.1) is 6.61 Å². The van der Waals surface area contributed by atoms with E-state index in [1.54, 1.807) is 0 Å². The topological polar surface area (TPSA) is 21.3 Å². The number of nitrogens with one attached hydrogen (secondary N) is 1. The van der Waals surface area contributed by atoms with E-state index in [1.807, 2.05) is 6.07 Å². The molecule has 0 spiro atoms. The maximum atomic E-state index is 5.95. The van der Waals surface area contributed by atoms with Crippen molar-refractivity contribution in [1.82, 2.24) is 5.32 Å². The number of halogens is 1.